The fourth-order valence-electron chi connectivity index (χ4n) is 2.90. The van der Waals surface area contributed by atoms with Crippen molar-refractivity contribution in [3.8, 4) is 11.8 Å². The number of hydrogen-bond donors (Lipinski definition) is 0. The van der Waals surface area contributed by atoms with Gasteiger partial charge in [0.2, 0.25) is 0 Å². The van der Waals surface area contributed by atoms with E-state index in [2.05, 4.69) is 12.1 Å². The standard InChI is InChI=1S/C18H18N2O2S/c1-13(22-15-8-6-14(12-19)7-9-15)18(21)20-10-2-4-16(20)17-5-3-11-23-17/h3,5-9,11,13,16H,2,4,10H2,1H3. The van der Waals surface area contributed by atoms with Crippen LogP contribution in [0.15, 0.2) is 41.8 Å². The molecule has 2 heterocycles. The lowest BCUT2D eigenvalue weighted by atomic mass is 10.2. The van der Waals surface area contributed by atoms with Gasteiger partial charge in [-0.2, -0.15) is 5.26 Å². The van der Waals surface area contributed by atoms with Crippen LogP contribution in [-0.2, 0) is 4.79 Å². The highest BCUT2D eigenvalue weighted by atomic mass is 32.1. The Morgan fingerprint density at radius 1 is 1.39 bits per heavy atom. The summed E-state index contributed by atoms with van der Waals surface area (Å²) in [6, 6.07) is 13.2. The first-order valence-electron chi connectivity index (χ1n) is 7.70. The summed E-state index contributed by atoms with van der Waals surface area (Å²) >= 11 is 1.70. The second-order valence-corrected chi connectivity index (χ2v) is 6.58. The van der Waals surface area contributed by atoms with E-state index >= 15 is 0 Å². The summed E-state index contributed by atoms with van der Waals surface area (Å²) in [6.45, 7) is 2.56. The number of benzene rings is 1. The third-order valence-corrected chi connectivity index (χ3v) is 5.03. The lowest BCUT2D eigenvalue weighted by Crippen LogP contribution is -2.39. The van der Waals surface area contributed by atoms with E-state index in [0.29, 0.717) is 11.3 Å². The van der Waals surface area contributed by atoms with Crippen molar-refractivity contribution >= 4 is 17.2 Å². The van der Waals surface area contributed by atoms with Gasteiger partial charge < -0.3 is 9.64 Å². The Hall–Kier alpha value is -2.32. The Morgan fingerprint density at radius 2 is 2.17 bits per heavy atom. The summed E-state index contributed by atoms with van der Waals surface area (Å²) in [6.07, 6.45) is 1.50. The highest BCUT2D eigenvalue weighted by Gasteiger charge is 2.33. The number of hydrogen-bond acceptors (Lipinski definition) is 4. The Bertz CT molecular complexity index is 704. The maximum atomic E-state index is 12.7. The molecule has 0 aliphatic carbocycles. The van der Waals surface area contributed by atoms with E-state index in [1.807, 2.05) is 16.3 Å². The molecular formula is C18H18N2O2S. The normalized spacial score (nSPS) is 18.4. The molecule has 0 saturated carbocycles. The van der Waals surface area contributed by atoms with Gasteiger partial charge in [-0.25, -0.2) is 0 Å². The summed E-state index contributed by atoms with van der Waals surface area (Å²) in [5.74, 6) is 0.627. The van der Waals surface area contributed by atoms with E-state index in [0.717, 1.165) is 19.4 Å². The van der Waals surface area contributed by atoms with Crippen LogP contribution in [0.3, 0.4) is 0 Å². The first-order chi connectivity index (χ1) is 11.2. The molecule has 1 amide bonds. The Morgan fingerprint density at radius 3 is 2.83 bits per heavy atom. The molecule has 0 N–H and O–H groups in total. The molecule has 1 fully saturated rings. The van der Waals surface area contributed by atoms with Gasteiger partial charge in [0.15, 0.2) is 6.10 Å². The minimum Gasteiger partial charge on any atom is -0.481 e. The molecule has 4 nitrogen and oxygen atoms in total. The Balaban J connectivity index is 1.67. The molecule has 23 heavy (non-hydrogen) atoms. The number of nitriles is 1. The molecule has 0 bridgehead atoms. The second-order valence-electron chi connectivity index (χ2n) is 5.60. The zero-order valence-electron chi connectivity index (χ0n) is 12.9. The number of thiophene rings is 1. The number of ether oxygens (including phenoxy) is 1. The monoisotopic (exact) mass is 326 g/mol. The number of likely N-dealkylation sites (tertiary alicyclic amines) is 1. The van der Waals surface area contributed by atoms with Gasteiger partial charge in [0.1, 0.15) is 5.75 Å². The van der Waals surface area contributed by atoms with Crippen LogP contribution in [0.25, 0.3) is 0 Å². The zero-order valence-corrected chi connectivity index (χ0v) is 13.8. The highest BCUT2D eigenvalue weighted by molar-refractivity contribution is 7.10. The van der Waals surface area contributed by atoms with Crippen LogP contribution in [0.1, 0.15) is 36.2 Å². The number of carbonyl (C=O) groups excluding carboxylic acids is 1. The third-order valence-electron chi connectivity index (χ3n) is 4.05. The van der Waals surface area contributed by atoms with Crippen molar-refractivity contribution in [1.82, 2.24) is 4.90 Å². The third kappa shape index (κ3) is 3.38. The molecule has 5 heteroatoms. The Labute approximate surface area is 139 Å². The van der Waals surface area contributed by atoms with E-state index in [9.17, 15) is 4.79 Å². The van der Waals surface area contributed by atoms with Gasteiger partial charge in [0.05, 0.1) is 17.7 Å². The van der Waals surface area contributed by atoms with E-state index < -0.39 is 6.10 Å². The van der Waals surface area contributed by atoms with Gasteiger partial charge in [-0.15, -0.1) is 11.3 Å². The minimum atomic E-state index is -0.538. The molecule has 2 aromatic rings. The molecule has 2 atom stereocenters. The maximum absolute atomic E-state index is 12.7. The van der Waals surface area contributed by atoms with Crippen molar-refractivity contribution in [1.29, 1.82) is 5.26 Å². The SMILES string of the molecule is CC(Oc1ccc(C#N)cc1)C(=O)N1CCCC1c1cccs1. The number of amides is 1. The molecule has 1 aliphatic rings. The molecule has 1 aromatic heterocycles. The van der Waals surface area contributed by atoms with Crippen molar-refractivity contribution in [2.75, 3.05) is 6.54 Å². The first-order valence-corrected chi connectivity index (χ1v) is 8.57. The van der Waals surface area contributed by atoms with Crippen molar-refractivity contribution in [3.63, 3.8) is 0 Å². The van der Waals surface area contributed by atoms with E-state index in [1.54, 1.807) is 42.5 Å². The summed E-state index contributed by atoms with van der Waals surface area (Å²) in [7, 11) is 0. The van der Waals surface area contributed by atoms with Crippen LogP contribution >= 0.6 is 11.3 Å². The summed E-state index contributed by atoms with van der Waals surface area (Å²) in [5.41, 5.74) is 0.577. The predicted octanol–water partition coefficient (Wildman–Crippen LogP) is 3.75. The van der Waals surface area contributed by atoms with Gasteiger partial charge in [-0.3, -0.25) is 4.79 Å². The number of rotatable bonds is 4. The molecule has 118 valence electrons. The minimum absolute atomic E-state index is 0.0188. The lowest BCUT2D eigenvalue weighted by Gasteiger charge is -2.27. The average molecular weight is 326 g/mol. The van der Waals surface area contributed by atoms with E-state index in [4.69, 9.17) is 10.00 Å². The van der Waals surface area contributed by atoms with Crippen LogP contribution in [-0.4, -0.2) is 23.5 Å². The number of nitrogens with zero attached hydrogens (tertiary/aromatic N) is 2. The fraction of sp³-hybridized carbons (Fsp3) is 0.333. The lowest BCUT2D eigenvalue weighted by molar-refractivity contribution is -0.138. The van der Waals surface area contributed by atoms with Gasteiger partial charge in [-0.1, -0.05) is 6.07 Å². The summed E-state index contributed by atoms with van der Waals surface area (Å²) in [4.78, 5) is 15.9. The molecule has 1 aliphatic heterocycles. The van der Waals surface area contributed by atoms with Gasteiger partial charge in [-0.05, 0) is 55.5 Å². The van der Waals surface area contributed by atoms with Gasteiger partial charge in [0, 0.05) is 11.4 Å². The summed E-state index contributed by atoms with van der Waals surface area (Å²) < 4.78 is 5.76. The van der Waals surface area contributed by atoms with Crippen LogP contribution in [0.4, 0.5) is 0 Å². The van der Waals surface area contributed by atoms with Crippen molar-refractivity contribution in [3.05, 3.63) is 52.2 Å². The fourth-order valence-corrected chi connectivity index (χ4v) is 3.78. The quantitative estimate of drug-likeness (QED) is 0.860. The first kappa shape index (κ1) is 15.6. The average Bonchev–Trinajstić information content (AvgIpc) is 3.25. The van der Waals surface area contributed by atoms with Crippen molar-refractivity contribution < 1.29 is 9.53 Å². The highest BCUT2D eigenvalue weighted by Crippen LogP contribution is 2.35. The van der Waals surface area contributed by atoms with Crippen LogP contribution in [0, 0.1) is 11.3 Å². The maximum Gasteiger partial charge on any atom is 0.263 e. The zero-order chi connectivity index (χ0) is 16.2. The molecule has 3 rings (SSSR count). The molecule has 1 saturated heterocycles. The summed E-state index contributed by atoms with van der Waals surface area (Å²) in [5, 5.41) is 10.9. The molecule has 0 radical (unpaired) electrons. The van der Waals surface area contributed by atoms with Crippen LogP contribution < -0.4 is 4.74 Å². The van der Waals surface area contributed by atoms with E-state index in [1.165, 1.54) is 4.88 Å². The smallest absolute Gasteiger partial charge is 0.263 e. The van der Waals surface area contributed by atoms with E-state index in [-0.39, 0.29) is 11.9 Å². The largest absolute Gasteiger partial charge is 0.481 e. The molecule has 1 aromatic carbocycles. The molecular weight excluding hydrogens is 308 g/mol. The predicted molar refractivity (Wildman–Crippen MR) is 89.3 cm³/mol. The van der Waals surface area contributed by atoms with Gasteiger partial charge in [0.25, 0.3) is 5.91 Å². The number of carbonyl (C=O) groups is 1. The van der Waals surface area contributed by atoms with Crippen LogP contribution in [0.5, 0.6) is 5.75 Å². The van der Waals surface area contributed by atoms with Gasteiger partial charge >= 0.3 is 0 Å². The topological polar surface area (TPSA) is 53.3 Å². The Kier molecular flexibility index (Phi) is 4.63. The van der Waals surface area contributed by atoms with Crippen LogP contribution in [0.2, 0.25) is 0 Å². The van der Waals surface area contributed by atoms with Crippen molar-refractivity contribution in [2.45, 2.75) is 31.9 Å². The molecule has 2 unspecified atom stereocenters. The second kappa shape index (κ2) is 6.84. The molecule has 0 spiro atoms. The van der Waals surface area contributed by atoms with Crippen molar-refractivity contribution in [2.24, 2.45) is 0 Å².